The highest BCUT2D eigenvalue weighted by Crippen LogP contribution is 2.24. The molecule has 1 aromatic carbocycles. The highest BCUT2D eigenvalue weighted by molar-refractivity contribution is 5.99. The smallest absolute Gasteiger partial charge is 0.244 e. The molecular formula is C18H26N4O2. The lowest BCUT2D eigenvalue weighted by atomic mass is 10.1. The summed E-state index contributed by atoms with van der Waals surface area (Å²) in [5, 5.41) is 3.01. The Morgan fingerprint density at radius 2 is 1.83 bits per heavy atom. The Kier molecular flexibility index (Phi) is 5.48. The van der Waals surface area contributed by atoms with Crippen molar-refractivity contribution >= 4 is 17.5 Å². The Labute approximate surface area is 143 Å². The summed E-state index contributed by atoms with van der Waals surface area (Å²) >= 11 is 0. The van der Waals surface area contributed by atoms with E-state index >= 15 is 0 Å². The Morgan fingerprint density at radius 3 is 2.50 bits per heavy atom. The number of carbonyl (C=O) groups excluding carboxylic acids is 2. The number of para-hydroxylation sites is 1. The van der Waals surface area contributed by atoms with E-state index in [1.54, 1.807) is 0 Å². The molecule has 1 N–H and O–H groups in total. The number of rotatable bonds is 5. The highest BCUT2D eigenvalue weighted by Gasteiger charge is 2.38. The van der Waals surface area contributed by atoms with Crippen molar-refractivity contribution in [1.82, 2.24) is 15.1 Å². The van der Waals surface area contributed by atoms with E-state index < -0.39 is 0 Å². The maximum absolute atomic E-state index is 12.8. The maximum Gasteiger partial charge on any atom is 0.244 e. The van der Waals surface area contributed by atoms with Crippen molar-refractivity contribution in [1.29, 1.82) is 0 Å². The summed E-state index contributed by atoms with van der Waals surface area (Å²) in [6.45, 7) is 4.49. The van der Waals surface area contributed by atoms with E-state index in [1.165, 1.54) is 0 Å². The van der Waals surface area contributed by atoms with Crippen LogP contribution in [-0.2, 0) is 9.59 Å². The van der Waals surface area contributed by atoms with Gasteiger partial charge in [0.15, 0.2) is 0 Å². The van der Waals surface area contributed by atoms with Crippen LogP contribution in [0.1, 0.15) is 12.8 Å². The minimum absolute atomic E-state index is 0.0419. The quantitative estimate of drug-likeness (QED) is 0.856. The molecule has 2 heterocycles. The Morgan fingerprint density at radius 1 is 1.12 bits per heavy atom. The molecule has 2 amide bonds. The molecule has 2 saturated heterocycles. The lowest BCUT2D eigenvalue weighted by Gasteiger charge is -2.37. The van der Waals surface area contributed by atoms with Gasteiger partial charge >= 0.3 is 0 Å². The third-order valence-electron chi connectivity index (χ3n) is 4.94. The van der Waals surface area contributed by atoms with Gasteiger partial charge in [-0.3, -0.25) is 14.5 Å². The number of hydrogen-bond acceptors (Lipinski definition) is 4. The molecule has 3 rings (SSSR count). The first-order chi connectivity index (χ1) is 11.7. The van der Waals surface area contributed by atoms with Crippen LogP contribution in [0.3, 0.4) is 0 Å². The van der Waals surface area contributed by atoms with Crippen molar-refractivity contribution in [2.75, 3.05) is 51.2 Å². The molecule has 6 heteroatoms. The summed E-state index contributed by atoms with van der Waals surface area (Å²) in [5.41, 5.74) is 0.978. The molecule has 0 aliphatic carbocycles. The van der Waals surface area contributed by atoms with Crippen LogP contribution in [0.15, 0.2) is 30.3 Å². The number of amides is 2. The average molecular weight is 330 g/mol. The van der Waals surface area contributed by atoms with E-state index in [1.807, 2.05) is 47.2 Å². The van der Waals surface area contributed by atoms with Gasteiger partial charge in [0.05, 0.1) is 6.04 Å². The van der Waals surface area contributed by atoms with Crippen molar-refractivity contribution in [2.24, 2.45) is 0 Å². The van der Waals surface area contributed by atoms with Gasteiger partial charge in [-0.1, -0.05) is 18.2 Å². The van der Waals surface area contributed by atoms with Crippen molar-refractivity contribution in [3.8, 4) is 0 Å². The summed E-state index contributed by atoms with van der Waals surface area (Å²) in [7, 11) is 1.86. The second-order valence-corrected chi connectivity index (χ2v) is 6.40. The molecular weight excluding hydrogens is 304 g/mol. The summed E-state index contributed by atoms with van der Waals surface area (Å²) < 4.78 is 0. The molecule has 0 saturated carbocycles. The van der Waals surface area contributed by atoms with Crippen LogP contribution in [0.2, 0.25) is 0 Å². The fourth-order valence-corrected chi connectivity index (χ4v) is 3.54. The van der Waals surface area contributed by atoms with Crippen LogP contribution in [-0.4, -0.2) is 74.0 Å². The van der Waals surface area contributed by atoms with Gasteiger partial charge in [-0.25, -0.2) is 0 Å². The zero-order valence-electron chi connectivity index (χ0n) is 14.3. The number of nitrogens with one attached hydrogen (secondary N) is 1. The van der Waals surface area contributed by atoms with Gasteiger partial charge in [0.25, 0.3) is 0 Å². The van der Waals surface area contributed by atoms with Crippen LogP contribution in [0.5, 0.6) is 0 Å². The van der Waals surface area contributed by atoms with Crippen LogP contribution in [0.25, 0.3) is 0 Å². The molecule has 1 atom stereocenters. The molecule has 0 radical (unpaired) electrons. The summed E-state index contributed by atoms with van der Waals surface area (Å²) in [6.07, 6.45) is 1.40. The van der Waals surface area contributed by atoms with Gasteiger partial charge in [-0.05, 0) is 25.6 Å². The number of nitrogens with zero attached hydrogens (tertiary/aromatic N) is 3. The standard InChI is InChI=1S/C18H26N4O2/c1-19-9-7-17(23)21-13-11-20(12-14-21)16-8-10-22(18(16)24)15-5-3-2-4-6-15/h2-6,16,19H,7-14H2,1H3. The van der Waals surface area contributed by atoms with Crippen molar-refractivity contribution in [2.45, 2.75) is 18.9 Å². The van der Waals surface area contributed by atoms with Gasteiger partial charge < -0.3 is 15.1 Å². The number of hydrogen-bond donors (Lipinski definition) is 1. The first-order valence-corrected chi connectivity index (χ1v) is 8.73. The Balaban J connectivity index is 1.54. The van der Waals surface area contributed by atoms with Gasteiger partial charge in [0.1, 0.15) is 0 Å². The largest absolute Gasteiger partial charge is 0.340 e. The van der Waals surface area contributed by atoms with Crippen LogP contribution in [0, 0.1) is 0 Å². The lowest BCUT2D eigenvalue weighted by Crippen LogP contribution is -2.54. The number of anilines is 1. The van der Waals surface area contributed by atoms with Gasteiger partial charge in [0.2, 0.25) is 11.8 Å². The van der Waals surface area contributed by atoms with E-state index in [4.69, 9.17) is 0 Å². The molecule has 1 aromatic rings. The molecule has 6 nitrogen and oxygen atoms in total. The summed E-state index contributed by atoms with van der Waals surface area (Å²) in [5.74, 6) is 0.392. The third-order valence-corrected chi connectivity index (χ3v) is 4.94. The van der Waals surface area contributed by atoms with Crippen LogP contribution >= 0.6 is 0 Å². The Hall–Kier alpha value is -1.92. The maximum atomic E-state index is 12.8. The molecule has 130 valence electrons. The van der Waals surface area contributed by atoms with E-state index in [-0.39, 0.29) is 17.9 Å². The summed E-state index contributed by atoms with van der Waals surface area (Å²) in [6, 6.07) is 9.82. The third kappa shape index (κ3) is 3.60. The molecule has 0 spiro atoms. The predicted octanol–water partition coefficient (Wildman–Crippen LogP) is 0.546. The number of carbonyl (C=O) groups is 2. The first-order valence-electron chi connectivity index (χ1n) is 8.73. The molecule has 1 unspecified atom stereocenters. The normalized spacial score (nSPS) is 22.2. The highest BCUT2D eigenvalue weighted by atomic mass is 16.2. The summed E-state index contributed by atoms with van der Waals surface area (Å²) in [4.78, 5) is 30.9. The van der Waals surface area contributed by atoms with Gasteiger partial charge in [-0.2, -0.15) is 0 Å². The molecule has 2 aliphatic heterocycles. The number of benzene rings is 1. The minimum atomic E-state index is -0.0419. The van der Waals surface area contributed by atoms with E-state index in [9.17, 15) is 9.59 Å². The molecule has 24 heavy (non-hydrogen) atoms. The molecule has 2 fully saturated rings. The van der Waals surface area contributed by atoms with E-state index in [0.29, 0.717) is 13.0 Å². The molecule has 0 aromatic heterocycles. The predicted molar refractivity (Wildman–Crippen MR) is 93.9 cm³/mol. The van der Waals surface area contributed by atoms with Gasteiger partial charge in [-0.15, -0.1) is 0 Å². The minimum Gasteiger partial charge on any atom is -0.340 e. The number of piperazine rings is 1. The second-order valence-electron chi connectivity index (χ2n) is 6.40. The monoisotopic (exact) mass is 330 g/mol. The van der Waals surface area contributed by atoms with E-state index in [2.05, 4.69) is 10.2 Å². The average Bonchev–Trinajstić information content (AvgIpc) is 3.02. The zero-order valence-corrected chi connectivity index (χ0v) is 14.3. The van der Waals surface area contributed by atoms with Gasteiger partial charge in [0, 0.05) is 51.4 Å². The lowest BCUT2D eigenvalue weighted by molar-refractivity contribution is -0.133. The zero-order chi connectivity index (χ0) is 16.9. The molecule has 2 aliphatic rings. The van der Waals surface area contributed by atoms with Crippen molar-refractivity contribution in [3.63, 3.8) is 0 Å². The molecule has 0 bridgehead atoms. The van der Waals surface area contributed by atoms with Crippen molar-refractivity contribution < 1.29 is 9.59 Å². The second kappa shape index (κ2) is 7.77. The van der Waals surface area contributed by atoms with Crippen LogP contribution in [0.4, 0.5) is 5.69 Å². The topological polar surface area (TPSA) is 55.9 Å². The Bertz CT molecular complexity index is 570. The fourth-order valence-electron chi connectivity index (χ4n) is 3.54. The van der Waals surface area contributed by atoms with E-state index in [0.717, 1.165) is 44.8 Å². The first kappa shape index (κ1) is 16.9. The van der Waals surface area contributed by atoms with Crippen molar-refractivity contribution in [3.05, 3.63) is 30.3 Å². The van der Waals surface area contributed by atoms with Crippen LogP contribution < -0.4 is 10.2 Å². The fraction of sp³-hybridized carbons (Fsp3) is 0.556. The SMILES string of the molecule is CNCCC(=O)N1CCN(C2CCN(c3ccccc3)C2=O)CC1.